The number of benzene rings is 2. The van der Waals surface area contributed by atoms with Crippen molar-refractivity contribution in [2.24, 2.45) is 10.4 Å². The van der Waals surface area contributed by atoms with Crippen molar-refractivity contribution >= 4 is 18.1 Å². The minimum Gasteiger partial charge on any atom is -0.493 e. The first-order valence-electron chi connectivity index (χ1n) is 8.03. The minimum absolute atomic E-state index is 0.0772. The summed E-state index contributed by atoms with van der Waals surface area (Å²) in [5, 5.41) is 0. The highest BCUT2D eigenvalue weighted by atomic mass is 16.5. The monoisotopic (exact) mass is 320 g/mol. The highest BCUT2D eigenvalue weighted by molar-refractivity contribution is 5.47. The summed E-state index contributed by atoms with van der Waals surface area (Å²) in [6, 6.07) is 14.9. The molecule has 0 amide bonds. The van der Waals surface area contributed by atoms with E-state index in [4.69, 9.17) is 16.0 Å². The molecule has 0 heterocycles. The van der Waals surface area contributed by atoms with Crippen molar-refractivity contribution in [3.63, 3.8) is 0 Å². The second kappa shape index (κ2) is 7.18. The molecule has 0 atom stereocenters. The molecule has 0 spiro atoms. The lowest BCUT2D eigenvalue weighted by Gasteiger charge is -2.41. The molecular weight excluding hydrogens is 300 g/mol. The van der Waals surface area contributed by atoms with E-state index >= 15 is 0 Å². The van der Waals surface area contributed by atoms with Crippen LogP contribution in [0.2, 0.25) is 0 Å². The molecule has 0 aliphatic heterocycles. The molecule has 0 saturated heterocycles. The number of nitrogens with zero attached hydrogens (tertiary/aromatic N) is 2. The van der Waals surface area contributed by atoms with E-state index in [-0.39, 0.29) is 5.41 Å². The van der Waals surface area contributed by atoms with Crippen LogP contribution in [0.25, 0.3) is 4.85 Å². The van der Waals surface area contributed by atoms with Gasteiger partial charge in [0, 0.05) is 5.41 Å². The van der Waals surface area contributed by atoms with Gasteiger partial charge in [-0.3, -0.25) is 4.99 Å². The lowest BCUT2D eigenvalue weighted by Crippen LogP contribution is -2.41. The number of hydrogen-bond donors (Lipinski definition) is 0. The Morgan fingerprint density at radius 3 is 1.92 bits per heavy atom. The smallest absolute Gasteiger partial charge is 0.187 e. The summed E-state index contributed by atoms with van der Waals surface area (Å²) >= 11 is 0. The molecule has 1 aliphatic rings. The van der Waals surface area contributed by atoms with Gasteiger partial charge in [-0.1, -0.05) is 18.6 Å². The van der Waals surface area contributed by atoms with E-state index in [1.165, 1.54) is 6.42 Å². The number of rotatable bonds is 7. The predicted molar refractivity (Wildman–Crippen MR) is 95.6 cm³/mol. The molecule has 24 heavy (non-hydrogen) atoms. The molecule has 2 aromatic carbocycles. The fourth-order valence-electron chi connectivity index (χ4n) is 2.74. The van der Waals surface area contributed by atoms with Gasteiger partial charge in [-0.2, -0.15) is 0 Å². The van der Waals surface area contributed by atoms with E-state index in [9.17, 15) is 0 Å². The van der Waals surface area contributed by atoms with E-state index in [0.717, 1.165) is 30.0 Å². The third-order valence-electron chi connectivity index (χ3n) is 4.49. The highest BCUT2D eigenvalue weighted by Crippen LogP contribution is 2.42. The van der Waals surface area contributed by atoms with Gasteiger partial charge in [-0.05, 0) is 56.0 Å². The summed E-state index contributed by atoms with van der Waals surface area (Å²) in [6.07, 6.45) is 3.43. The van der Waals surface area contributed by atoms with Gasteiger partial charge in [-0.15, -0.1) is 0 Å². The Morgan fingerprint density at radius 2 is 1.50 bits per heavy atom. The molecule has 4 nitrogen and oxygen atoms in total. The third-order valence-corrected chi connectivity index (χ3v) is 4.49. The molecule has 0 radical (unpaired) electrons. The SMILES string of the molecule is [C-]#[N+]c1ccc(OCC2(COc3ccc(N=C)cc3)CCC2)cc1. The Kier molecular flexibility index (Phi) is 4.81. The standard InChI is InChI=1S/C20H20N2O2/c1-21-16-4-8-18(9-5-16)23-14-20(12-3-13-20)15-24-19-10-6-17(22-2)7-11-19/h4-11H,1,3,12-15H2. The molecule has 1 fully saturated rings. The quantitative estimate of drug-likeness (QED) is 0.519. The zero-order chi connectivity index (χ0) is 16.8. The Morgan fingerprint density at radius 1 is 0.958 bits per heavy atom. The normalized spacial score (nSPS) is 15.0. The first kappa shape index (κ1) is 16.1. The lowest BCUT2D eigenvalue weighted by atomic mass is 9.70. The van der Waals surface area contributed by atoms with Crippen LogP contribution in [0.4, 0.5) is 11.4 Å². The van der Waals surface area contributed by atoms with Crippen LogP contribution in [0.15, 0.2) is 53.5 Å². The van der Waals surface area contributed by atoms with Crippen molar-refractivity contribution < 1.29 is 9.47 Å². The van der Waals surface area contributed by atoms with E-state index in [1.54, 1.807) is 12.1 Å². The first-order valence-corrected chi connectivity index (χ1v) is 8.03. The van der Waals surface area contributed by atoms with Crippen molar-refractivity contribution in [3.05, 3.63) is 59.9 Å². The van der Waals surface area contributed by atoms with E-state index in [1.807, 2.05) is 36.4 Å². The first-order chi connectivity index (χ1) is 11.7. The molecule has 4 heteroatoms. The fraction of sp³-hybridized carbons (Fsp3) is 0.300. The molecule has 1 aliphatic carbocycles. The van der Waals surface area contributed by atoms with Crippen LogP contribution in [0.1, 0.15) is 19.3 Å². The molecule has 2 aromatic rings. The van der Waals surface area contributed by atoms with E-state index < -0.39 is 0 Å². The molecule has 1 saturated carbocycles. The summed E-state index contributed by atoms with van der Waals surface area (Å²) in [6.45, 7) is 11.8. The molecule has 122 valence electrons. The average molecular weight is 320 g/mol. The predicted octanol–water partition coefficient (Wildman–Crippen LogP) is 5.20. The third kappa shape index (κ3) is 3.75. The Labute approximate surface area is 142 Å². The Balaban J connectivity index is 1.55. The molecule has 0 bridgehead atoms. The van der Waals surface area contributed by atoms with Crippen LogP contribution in [0.5, 0.6) is 11.5 Å². The average Bonchev–Trinajstić information content (AvgIpc) is 2.61. The topological polar surface area (TPSA) is 35.2 Å². The number of aliphatic imine (C=N–C) groups is 1. The van der Waals surface area contributed by atoms with Crippen LogP contribution in [-0.2, 0) is 0 Å². The number of ether oxygens (including phenoxy) is 2. The molecule has 0 unspecified atom stereocenters. The zero-order valence-electron chi connectivity index (χ0n) is 13.6. The van der Waals surface area contributed by atoms with Crippen molar-refractivity contribution in [1.29, 1.82) is 0 Å². The van der Waals surface area contributed by atoms with Gasteiger partial charge >= 0.3 is 0 Å². The maximum absolute atomic E-state index is 6.97. The molecule has 3 rings (SSSR count). The molecule has 0 aromatic heterocycles. The summed E-state index contributed by atoms with van der Waals surface area (Å²) in [7, 11) is 0. The van der Waals surface area contributed by atoms with Gasteiger partial charge in [0.15, 0.2) is 5.69 Å². The van der Waals surface area contributed by atoms with Gasteiger partial charge in [0.25, 0.3) is 0 Å². The van der Waals surface area contributed by atoms with Crippen molar-refractivity contribution in [1.82, 2.24) is 0 Å². The largest absolute Gasteiger partial charge is 0.493 e. The van der Waals surface area contributed by atoms with Crippen LogP contribution in [-0.4, -0.2) is 19.9 Å². The second-order valence-corrected chi connectivity index (χ2v) is 6.19. The lowest BCUT2D eigenvalue weighted by molar-refractivity contribution is 0.00977. The van der Waals surface area contributed by atoms with Crippen molar-refractivity contribution in [2.45, 2.75) is 19.3 Å². The number of hydrogen-bond acceptors (Lipinski definition) is 3. The van der Waals surface area contributed by atoms with E-state index in [2.05, 4.69) is 16.6 Å². The Hall–Kier alpha value is -2.80. The van der Waals surface area contributed by atoms with Crippen LogP contribution < -0.4 is 9.47 Å². The second-order valence-electron chi connectivity index (χ2n) is 6.19. The van der Waals surface area contributed by atoms with Gasteiger partial charge in [0.2, 0.25) is 0 Å². The van der Waals surface area contributed by atoms with Gasteiger partial charge in [-0.25, -0.2) is 4.85 Å². The summed E-state index contributed by atoms with van der Waals surface area (Å²) in [5.74, 6) is 1.64. The highest BCUT2D eigenvalue weighted by Gasteiger charge is 2.39. The molecule has 0 N–H and O–H groups in total. The maximum Gasteiger partial charge on any atom is 0.187 e. The van der Waals surface area contributed by atoms with Gasteiger partial charge < -0.3 is 9.47 Å². The fourth-order valence-corrected chi connectivity index (χ4v) is 2.74. The maximum atomic E-state index is 6.97. The zero-order valence-corrected chi connectivity index (χ0v) is 13.6. The van der Waals surface area contributed by atoms with Gasteiger partial charge in [0.05, 0.1) is 25.5 Å². The summed E-state index contributed by atoms with van der Waals surface area (Å²) < 4.78 is 11.9. The Bertz CT molecular complexity index is 726. The van der Waals surface area contributed by atoms with Gasteiger partial charge in [0.1, 0.15) is 11.5 Å². The van der Waals surface area contributed by atoms with E-state index in [0.29, 0.717) is 18.9 Å². The van der Waals surface area contributed by atoms with Crippen LogP contribution >= 0.6 is 0 Å². The molecular formula is C20H20N2O2. The summed E-state index contributed by atoms with van der Waals surface area (Å²) in [4.78, 5) is 7.27. The van der Waals surface area contributed by atoms with Crippen molar-refractivity contribution in [3.8, 4) is 11.5 Å². The van der Waals surface area contributed by atoms with Crippen LogP contribution in [0.3, 0.4) is 0 Å². The summed E-state index contributed by atoms with van der Waals surface area (Å²) in [5.41, 5.74) is 1.54. The van der Waals surface area contributed by atoms with Crippen molar-refractivity contribution in [2.75, 3.05) is 13.2 Å². The van der Waals surface area contributed by atoms with Crippen LogP contribution in [0, 0.1) is 12.0 Å². The minimum atomic E-state index is 0.0772.